The number of ether oxygens (including phenoxy) is 1. The Morgan fingerprint density at radius 1 is 1.11 bits per heavy atom. The molecule has 4 nitrogen and oxygen atoms in total. The van der Waals surface area contributed by atoms with E-state index < -0.39 is 5.97 Å². The van der Waals surface area contributed by atoms with Crippen LogP contribution in [-0.2, 0) is 20.9 Å². The van der Waals surface area contributed by atoms with Gasteiger partial charge < -0.3 is 10.1 Å². The fraction of sp³-hybridized carbons (Fsp3) is 0.429. The summed E-state index contributed by atoms with van der Waals surface area (Å²) in [6.07, 6.45) is -0.236. The highest BCUT2D eigenvalue weighted by Crippen LogP contribution is 2.15. The zero-order chi connectivity index (χ0) is 13.7. The number of esters is 1. The van der Waals surface area contributed by atoms with Gasteiger partial charge >= 0.3 is 5.97 Å². The van der Waals surface area contributed by atoms with Crippen molar-refractivity contribution in [2.75, 3.05) is 7.11 Å². The summed E-state index contributed by atoms with van der Waals surface area (Å²) in [5.74, 6) is -0.844. The largest absolute Gasteiger partial charge is 0.469 e. The van der Waals surface area contributed by atoms with E-state index in [0.717, 1.165) is 11.1 Å². The van der Waals surface area contributed by atoms with Crippen LogP contribution in [0.4, 0.5) is 0 Å². The quantitative estimate of drug-likeness (QED) is 0.654. The van der Waals surface area contributed by atoms with Crippen molar-refractivity contribution in [3.63, 3.8) is 0 Å². The van der Waals surface area contributed by atoms with E-state index in [2.05, 4.69) is 29.1 Å². The zero-order valence-corrected chi connectivity index (χ0v) is 11.3. The first-order chi connectivity index (χ1) is 8.43. The smallest absolute Gasteiger partial charge is 0.315 e. The number of methoxy groups -OCH3 is 1. The molecule has 1 amide bonds. The number of nitrogens with one attached hydrogen (secondary N) is 1. The van der Waals surface area contributed by atoms with Gasteiger partial charge in [0.25, 0.3) is 0 Å². The molecule has 1 aromatic carbocycles. The van der Waals surface area contributed by atoms with E-state index in [-0.39, 0.29) is 12.3 Å². The van der Waals surface area contributed by atoms with Gasteiger partial charge in [-0.3, -0.25) is 9.59 Å². The molecule has 0 bridgehead atoms. The number of amides is 1. The molecule has 0 spiro atoms. The van der Waals surface area contributed by atoms with Gasteiger partial charge in [0.05, 0.1) is 7.11 Å². The lowest BCUT2D eigenvalue weighted by Gasteiger charge is -2.10. The van der Waals surface area contributed by atoms with Crippen LogP contribution in [0.1, 0.15) is 28.7 Å². The van der Waals surface area contributed by atoms with E-state index in [4.69, 9.17) is 0 Å². The number of carbonyl (C=O) groups is 2. The third-order valence-electron chi connectivity index (χ3n) is 2.96. The Balaban J connectivity index is 2.61. The molecule has 0 aliphatic rings. The minimum absolute atomic E-state index is 0.236. The van der Waals surface area contributed by atoms with Crippen molar-refractivity contribution < 1.29 is 14.3 Å². The highest BCUT2D eigenvalue weighted by molar-refractivity contribution is 5.94. The van der Waals surface area contributed by atoms with Crippen LogP contribution in [0.2, 0.25) is 0 Å². The summed E-state index contributed by atoms with van der Waals surface area (Å²) in [5, 5.41) is 2.71. The van der Waals surface area contributed by atoms with Gasteiger partial charge in [0, 0.05) is 6.54 Å². The number of rotatable bonds is 4. The Labute approximate surface area is 107 Å². The van der Waals surface area contributed by atoms with Gasteiger partial charge in [0.2, 0.25) is 5.91 Å². The minimum Gasteiger partial charge on any atom is -0.469 e. The van der Waals surface area contributed by atoms with Crippen molar-refractivity contribution in [3.8, 4) is 0 Å². The molecule has 1 aromatic rings. The van der Waals surface area contributed by atoms with Crippen LogP contribution in [-0.4, -0.2) is 19.0 Å². The lowest BCUT2D eigenvalue weighted by atomic mass is 10.0. The second kappa shape index (κ2) is 6.19. The Hall–Kier alpha value is -1.84. The molecule has 18 heavy (non-hydrogen) atoms. The standard InChI is InChI=1S/C14H19NO3/c1-9-5-11(3)12(6-10(9)2)8-15-13(16)7-14(17)18-4/h5-6H,7-8H2,1-4H3,(H,15,16). The molecule has 0 saturated carbocycles. The van der Waals surface area contributed by atoms with Crippen molar-refractivity contribution in [2.24, 2.45) is 0 Å². The summed E-state index contributed by atoms with van der Waals surface area (Å²) >= 11 is 0. The summed E-state index contributed by atoms with van der Waals surface area (Å²) in [6, 6.07) is 4.15. The molecular weight excluding hydrogens is 230 g/mol. The summed E-state index contributed by atoms with van der Waals surface area (Å²) in [4.78, 5) is 22.4. The lowest BCUT2D eigenvalue weighted by Crippen LogP contribution is -2.26. The van der Waals surface area contributed by atoms with Crippen LogP contribution < -0.4 is 5.32 Å². The maximum Gasteiger partial charge on any atom is 0.315 e. The Kier molecular flexibility index (Phi) is 4.89. The number of benzene rings is 1. The third kappa shape index (κ3) is 3.87. The van der Waals surface area contributed by atoms with Gasteiger partial charge in [-0.2, -0.15) is 0 Å². The monoisotopic (exact) mass is 249 g/mol. The van der Waals surface area contributed by atoms with E-state index in [1.54, 1.807) is 0 Å². The van der Waals surface area contributed by atoms with Crippen LogP contribution in [0.3, 0.4) is 0 Å². The van der Waals surface area contributed by atoms with Crippen LogP contribution >= 0.6 is 0 Å². The van der Waals surface area contributed by atoms with E-state index >= 15 is 0 Å². The molecule has 0 fully saturated rings. The van der Waals surface area contributed by atoms with Gasteiger partial charge in [-0.1, -0.05) is 12.1 Å². The molecule has 4 heteroatoms. The summed E-state index contributed by atoms with van der Waals surface area (Å²) in [7, 11) is 1.27. The van der Waals surface area contributed by atoms with Crippen molar-refractivity contribution >= 4 is 11.9 Å². The maximum atomic E-state index is 11.4. The Morgan fingerprint density at radius 2 is 1.72 bits per heavy atom. The second-order valence-corrected chi connectivity index (χ2v) is 4.39. The predicted molar refractivity (Wildman–Crippen MR) is 69.1 cm³/mol. The predicted octanol–water partition coefficient (Wildman–Crippen LogP) is 1.79. The van der Waals surface area contributed by atoms with E-state index in [0.29, 0.717) is 6.54 Å². The summed E-state index contributed by atoms with van der Waals surface area (Å²) < 4.78 is 4.43. The molecule has 0 aromatic heterocycles. The molecule has 0 radical (unpaired) electrons. The third-order valence-corrected chi connectivity index (χ3v) is 2.96. The van der Waals surface area contributed by atoms with Gasteiger partial charge in [0.15, 0.2) is 0 Å². The van der Waals surface area contributed by atoms with Crippen LogP contribution in [0, 0.1) is 20.8 Å². The van der Waals surface area contributed by atoms with Crippen molar-refractivity contribution in [2.45, 2.75) is 33.7 Å². The van der Waals surface area contributed by atoms with Crippen LogP contribution in [0.5, 0.6) is 0 Å². The fourth-order valence-corrected chi connectivity index (χ4v) is 1.67. The van der Waals surface area contributed by atoms with Crippen molar-refractivity contribution in [1.29, 1.82) is 0 Å². The number of hydrogen-bond donors (Lipinski definition) is 1. The lowest BCUT2D eigenvalue weighted by molar-refractivity contribution is -0.143. The number of aryl methyl sites for hydroxylation is 3. The van der Waals surface area contributed by atoms with Gasteiger partial charge in [0.1, 0.15) is 6.42 Å². The molecular formula is C14H19NO3. The number of carbonyl (C=O) groups excluding carboxylic acids is 2. The van der Waals surface area contributed by atoms with Gasteiger partial charge in [-0.25, -0.2) is 0 Å². The van der Waals surface area contributed by atoms with E-state index in [1.165, 1.54) is 18.2 Å². The SMILES string of the molecule is COC(=O)CC(=O)NCc1cc(C)c(C)cc1C. The number of hydrogen-bond acceptors (Lipinski definition) is 3. The average molecular weight is 249 g/mol. The fourth-order valence-electron chi connectivity index (χ4n) is 1.67. The highest BCUT2D eigenvalue weighted by Gasteiger charge is 2.09. The van der Waals surface area contributed by atoms with Gasteiger partial charge in [-0.05, 0) is 43.0 Å². The van der Waals surface area contributed by atoms with Crippen LogP contribution in [0.25, 0.3) is 0 Å². The Morgan fingerprint density at radius 3 is 2.33 bits per heavy atom. The molecule has 0 saturated heterocycles. The van der Waals surface area contributed by atoms with E-state index in [1.807, 2.05) is 13.8 Å². The van der Waals surface area contributed by atoms with Crippen molar-refractivity contribution in [3.05, 3.63) is 34.4 Å². The Bertz CT molecular complexity index is 466. The van der Waals surface area contributed by atoms with Crippen molar-refractivity contribution in [1.82, 2.24) is 5.32 Å². The molecule has 0 aliphatic heterocycles. The molecule has 1 N–H and O–H groups in total. The summed E-state index contributed by atoms with van der Waals surface area (Å²) in [6.45, 7) is 6.54. The van der Waals surface area contributed by atoms with E-state index in [9.17, 15) is 9.59 Å². The second-order valence-electron chi connectivity index (χ2n) is 4.39. The van der Waals surface area contributed by atoms with Gasteiger partial charge in [-0.15, -0.1) is 0 Å². The molecule has 0 heterocycles. The highest BCUT2D eigenvalue weighted by atomic mass is 16.5. The maximum absolute atomic E-state index is 11.4. The first-order valence-corrected chi connectivity index (χ1v) is 5.84. The topological polar surface area (TPSA) is 55.4 Å². The normalized spacial score (nSPS) is 10.0. The first-order valence-electron chi connectivity index (χ1n) is 5.84. The molecule has 0 unspecified atom stereocenters. The molecule has 0 aliphatic carbocycles. The molecule has 0 atom stereocenters. The van der Waals surface area contributed by atoms with Crippen LogP contribution in [0.15, 0.2) is 12.1 Å². The zero-order valence-electron chi connectivity index (χ0n) is 11.3. The summed E-state index contributed by atoms with van der Waals surface area (Å²) in [5.41, 5.74) is 4.63. The minimum atomic E-state index is -0.524. The average Bonchev–Trinajstić information content (AvgIpc) is 2.32. The first kappa shape index (κ1) is 14.2. The molecule has 98 valence electrons. The molecule has 1 rings (SSSR count).